The van der Waals surface area contributed by atoms with Gasteiger partial charge in [-0.2, -0.15) is 0 Å². The summed E-state index contributed by atoms with van der Waals surface area (Å²) in [6.45, 7) is 2.68. The Morgan fingerprint density at radius 3 is 2.81 bits per heavy atom. The first-order valence-electron chi connectivity index (χ1n) is 8.33. The van der Waals surface area contributed by atoms with Crippen molar-refractivity contribution >= 4 is 0 Å². The molecule has 3 rings (SSSR count). The fourth-order valence-corrected chi connectivity index (χ4v) is 3.62. The average molecular weight is 289 g/mol. The molecule has 1 aromatic rings. The fourth-order valence-electron chi connectivity index (χ4n) is 3.62. The second kappa shape index (κ2) is 7.39. The molecule has 21 heavy (non-hydrogen) atoms. The van der Waals surface area contributed by atoms with Crippen LogP contribution < -0.4 is 5.32 Å². The van der Waals surface area contributed by atoms with E-state index in [9.17, 15) is 0 Å². The van der Waals surface area contributed by atoms with E-state index in [1.54, 1.807) is 0 Å². The van der Waals surface area contributed by atoms with Gasteiger partial charge >= 0.3 is 0 Å². The highest BCUT2D eigenvalue weighted by Gasteiger charge is 2.28. The first-order chi connectivity index (χ1) is 10.4. The standard InChI is InChI=1S/C18H27NO2/c1-19-18-16-7-3-2-5-15(16)6-4-8-17(18)21-13-14-9-11-20-12-10-14/h2-3,5,7,14,17-19H,4,6,8-13H2,1H3. The first-order valence-corrected chi connectivity index (χ1v) is 8.33. The Morgan fingerprint density at radius 2 is 2.00 bits per heavy atom. The highest BCUT2D eigenvalue weighted by molar-refractivity contribution is 5.32. The first kappa shape index (κ1) is 15.0. The number of hydrogen-bond donors (Lipinski definition) is 1. The topological polar surface area (TPSA) is 30.5 Å². The lowest BCUT2D eigenvalue weighted by Crippen LogP contribution is -2.33. The molecule has 0 amide bonds. The lowest BCUT2D eigenvalue weighted by atomic mass is 9.97. The van der Waals surface area contributed by atoms with Gasteiger partial charge in [-0.15, -0.1) is 0 Å². The van der Waals surface area contributed by atoms with Crippen molar-refractivity contribution in [3.63, 3.8) is 0 Å². The molecule has 116 valence electrons. The number of rotatable bonds is 4. The van der Waals surface area contributed by atoms with E-state index in [0.717, 1.165) is 39.1 Å². The van der Waals surface area contributed by atoms with E-state index in [4.69, 9.17) is 9.47 Å². The van der Waals surface area contributed by atoms with Crippen molar-refractivity contribution in [2.45, 2.75) is 44.2 Å². The van der Waals surface area contributed by atoms with Crippen LogP contribution in [0.15, 0.2) is 24.3 Å². The molecule has 3 nitrogen and oxygen atoms in total. The predicted octanol–water partition coefficient (Wildman–Crippen LogP) is 3.10. The van der Waals surface area contributed by atoms with E-state index < -0.39 is 0 Å². The Kier molecular flexibility index (Phi) is 5.28. The van der Waals surface area contributed by atoms with Crippen LogP contribution in [-0.2, 0) is 15.9 Å². The summed E-state index contributed by atoms with van der Waals surface area (Å²) < 4.78 is 11.8. The highest BCUT2D eigenvalue weighted by Crippen LogP contribution is 2.31. The normalized spacial score (nSPS) is 27.1. The predicted molar refractivity (Wildman–Crippen MR) is 84.5 cm³/mol. The molecule has 1 heterocycles. The minimum atomic E-state index is 0.293. The summed E-state index contributed by atoms with van der Waals surface area (Å²) in [4.78, 5) is 0. The van der Waals surface area contributed by atoms with Crippen molar-refractivity contribution in [1.82, 2.24) is 5.32 Å². The smallest absolute Gasteiger partial charge is 0.0770 e. The van der Waals surface area contributed by atoms with Crippen molar-refractivity contribution in [2.24, 2.45) is 5.92 Å². The van der Waals surface area contributed by atoms with Crippen LogP contribution in [0.4, 0.5) is 0 Å². The second-order valence-corrected chi connectivity index (χ2v) is 6.28. The largest absolute Gasteiger partial charge is 0.381 e. The molecule has 1 aliphatic heterocycles. The molecular weight excluding hydrogens is 262 g/mol. The van der Waals surface area contributed by atoms with E-state index in [1.165, 1.54) is 24.0 Å². The summed E-state index contributed by atoms with van der Waals surface area (Å²) in [5.41, 5.74) is 2.91. The van der Waals surface area contributed by atoms with E-state index in [-0.39, 0.29) is 0 Å². The minimum Gasteiger partial charge on any atom is -0.381 e. The molecule has 1 aromatic carbocycles. The quantitative estimate of drug-likeness (QED) is 0.864. The van der Waals surface area contributed by atoms with Crippen LogP contribution in [-0.4, -0.2) is 33.0 Å². The number of likely N-dealkylation sites (N-methyl/N-ethyl adjacent to an activating group) is 1. The molecule has 0 aromatic heterocycles. The van der Waals surface area contributed by atoms with Gasteiger partial charge in [0, 0.05) is 13.2 Å². The van der Waals surface area contributed by atoms with Gasteiger partial charge in [-0.05, 0) is 56.2 Å². The maximum absolute atomic E-state index is 6.34. The number of hydrogen-bond acceptors (Lipinski definition) is 3. The number of fused-ring (bicyclic) bond motifs is 1. The Labute approximate surface area is 128 Å². The Bertz CT molecular complexity index is 443. The van der Waals surface area contributed by atoms with Crippen molar-refractivity contribution in [1.29, 1.82) is 0 Å². The van der Waals surface area contributed by atoms with Gasteiger partial charge in [-0.3, -0.25) is 0 Å². The van der Waals surface area contributed by atoms with Crippen LogP contribution in [0.2, 0.25) is 0 Å². The molecule has 0 spiro atoms. The number of ether oxygens (including phenoxy) is 2. The molecular formula is C18H27NO2. The van der Waals surface area contributed by atoms with Gasteiger partial charge in [0.15, 0.2) is 0 Å². The molecule has 1 saturated heterocycles. The Morgan fingerprint density at radius 1 is 1.19 bits per heavy atom. The van der Waals surface area contributed by atoms with E-state index >= 15 is 0 Å². The summed E-state index contributed by atoms with van der Waals surface area (Å²) >= 11 is 0. The molecule has 2 unspecified atom stereocenters. The monoisotopic (exact) mass is 289 g/mol. The SMILES string of the molecule is CNC1c2ccccc2CCCC1OCC1CCOCC1. The van der Waals surface area contributed by atoms with Crippen LogP contribution in [0.25, 0.3) is 0 Å². The molecule has 0 bridgehead atoms. The lowest BCUT2D eigenvalue weighted by Gasteiger charge is -2.29. The van der Waals surface area contributed by atoms with Crippen molar-refractivity contribution < 1.29 is 9.47 Å². The maximum Gasteiger partial charge on any atom is 0.0770 e. The minimum absolute atomic E-state index is 0.293. The van der Waals surface area contributed by atoms with E-state index in [2.05, 4.69) is 36.6 Å². The second-order valence-electron chi connectivity index (χ2n) is 6.28. The number of aryl methyl sites for hydroxylation is 1. The molecule has 0 saturated carbocycles. The van der Waals surface area contributed by atoms with Gasteiger partial charge < -0.3 is 14.8 Å². The molecule has 0 radical (unpaired) electrons. The van der Waals surface area contributed by atoms with Gasteiger partial charge in [0.25, 0.3) is 0 Å². The summed E-state index contributed by atoms with van der Waals surface area (Å²) in [5, 5.41) is 3.49. The maximum atomic E-state index is 6.34. The summed E-state index contributed by atoms with van der Waals surface area (Å²) in [5.74, 6) is 0.676. The fraction of sp³-hybridized carbons (Fsp3) is 0.667. The summed E-state index contributed by atoms with van der Waals surface area (Å²) in [6.07, 6.45) is 6.12. The van der Waals surface area contributed by atoms with Crippen molar-refractivity contribution in [3.8, 4) is 0 Å². The number of benzene rings is 1. The van der Waals surface area contributed by atoms with Crippen LogP contribution in [0.1, 0.15) is 42.9 Å². The van der Waals surface area contributed by atoms with Gasteiger partial charge in [0.2, 0.25) is 0 Å². The third-order valence-electron chi connectivity index (χ3n) is 4.89. The zero-order valence-electron chi connectivity index (χ0n) is 13.0. The van der Waals surface area contributed by atoms with E-state index in [1.807, 2.05) is 0 Å². The lowest BCUT2D eigenvalue weighted by molar-refractivity contribution is -0.0263. The summed E-state index contributed by atoms with van der Waals surface area (Å²) in [7, 11) is 2.05. The number of nitrogens with one attached hydrogen (secondary N) is 1. The van der Waals surface area contributed by atoms with Gasteiger partial charge in [-0.1, -0.05) is 24.3 Å². The van der Waals surface area contributed by atoms with Crippen LogP contribution >= 0.6 is 0 Å². The zero-order chi connectivity index (χ0) is 14.5. The summed E-state index contributed by atoms with van der Waals surface area (Å²) in [6, 6.07) is 9.13. The molecule has 2 atom stereocenters. The van der Waals surface area contributed by atoms with E-state index in [0.29, 0.717) is 18.1 Å². The van der Waals surface area contributed by atoms with Crippen molar-refractivity contribution in [3.05, 3.63) is 35.4 Å². The molecule has 1 fully saturated rings. The van der Waals surface area contributed by atoms with Crippen LogP contribution in [0, 0.1) is 5.92 Å². The van der Waals surface area contributed by atoms with Crippen molar-refractivity contribution in [2.75, 3.05) is 26.9 Å². The van der Waals surface area contributed by atoms with Gasteiger partial charge in [0.05, 0.1) is 18.8 Å². The molecule has 2 aliphatic rings. The van der Waals surface area contributed by atoms with Crippen LogP contribution in [0.5, 0.6) is 0 Å². The Balaban J connectivity index is 1.66. The molecule has 1 aliphatic carbocycles. The highest BCUT2D eigenvalue weighted by atomic mass is 16.5. The average Bonchev–Trinajstić information content (AvgIpc) is 2.72. The Hall–Kier alpha value is -0.900. The molecule has 1 N–H and O–H groups in total. The zero-order valence-corrected chi connectivity index (χ0v) is 13.0. The van der Waals surface area contributed by atoms with Crippen LogP contribution in [0.3, 0.4) is 0 Å². The molecule has 3 heteroatoms. The third kappa shape index (κ3) is 3.65. The third-order valence-corrected chi connectivity index (χ3v) is 4.89. The van der Waals surface area contributed by atoms with Gasteiger partial charge in [-0.25, -0.2) is 0 Å². The van der Waals surface area contributed by atoms with Gasteiger partial charge in [0.1, 0.15) is 0 Å².